The number of nitrogens with zero attached hydrogens (tertiary/aromatic N) is 2. The summed E-state index contributed by atoms with van der Waals surface area (Å²) in [5, 5.41) is 3.40. The maximum absolute atomic E-state index is 14.5. The van der Waals surface area contributed by atoms with E-state index in [0.29, 0.717) is 29.5 Å². The lowest BCUT2D eigenvalue weighted by molar-refractivity contribution is -0.140. The Kier molecular flexibility index (Phi) is 11.6. The molecule has 1 N–H and O–H groups in total. The van der Waals surface area contributed by atoms with Gasteiger partial charge in [0.05, 0.1) is 10.6 Å². The summed E-state index contributed by atoms with van der Waals surface area (Å²) in [4.78, 5) is 29.6. The number of sulfonamides is 1. The maximum atomic E-state index is 14.5. The number of halogens is 2. The van der Waals surface area contributed by atoms with Crippen LogP contribution in [0.15, 0.2) is 102 Å². The molecule has 0 saturated carbocycles. The minimum Gasteiger partial charge on any atom is -0.486 e. The van der Waals surface area contributed by atoms with Crippen LogP contribution in [0.1, 0.15) is 30.9 Å². The van der Waals surface area contributed by atoms with E-state index < -0.39 is 34.3 Å². The molecule has 1 heterocycles. The number of nitrogens with one attached hydrogen (secondary N) is 1. The molecule has 5 rings (SSSR count). The third-order valence-electron chi connectivity index (χ3n) is 7.84. The number of carbonyl (C=O) groups excluding carboxylic acids is 2. The molecule has 4 aromatic carbocycles. The number of benzene rings is 4. The Morgan fingerprint density at radius 1 is 0.896 bits per heavy atom. The van der Waals surface area contributed by atoms with Crippen LogP contribution in [-0.4, -0.2) is 57.5 Å². The van der Waals surface area contributed by atoms with E-state index in [4.69, 9.17) is 21.1 Å². The van der Waals surface area contributed by atoms with Gasteiger partial charge in [-0.1, -0.05) is 67.4 Å². The molecule has 1 aliphatic heterocycles. The van der Waals surface area contributed by atoms with E-state index in [1.54, 1.807) is 24.3 Å². The van der Waals surface area contributed by atoms with E-state index in [1.807, 2.05) is 37.3 Å². The molecule has 0 aromatic heterocycles. The molecule has 0 fully saturated rings. The van der Waals surface area contributed by atoms with Crippen LogP contribution in [-0.2, 0) is 32.6 Å². The van der Waals surface area contributed by atoms with Gasteiger partial charge in [-0.3, -0.25) is 13.9 Å². The number of fused-ring (bicyclic) bond motifs is 1. The third-order valence-corrected chi connectivity index (χ3v) is 9.84. The predicted octanol–water partition coefficient (Wildman–Crippen LogP) is 6.00. The molecular weight excluding hydrogens is 657 g/mol. The zero-order valence-electron chi connectivity index (χ0n) is 26.5. The summed E-state index contributed by atoms with van der Waals surface area (Å²) in [6.07, 6.45) is 1.79. The van der Waals surface area contributed by atoms with Gasteiger partial charge in [0, 0.05) is 30.6 Å². The normalized spacial score (nSPS) is 13.0. The number of ether oxygens (including phenoxy) is 2. The quantitative estimate of drug-likeness (QED) is 0.163. The molecule has 0 saturated heterocycles. The number of anilines is 1. The van der Waals surface area contributed by atoms with Crippen molar-refractivity contribution in [2.24, 2.45) is 0 Å². The molecule has 0 aliphatic carbocycles. The van der Waals surface area contributed by atoms with Gasteiger partial charge in [0.15, 0.2) is 11.5 Å². The van der Waals surface area contributed by atoms with Crippen molar-refractivity contribution < 1.29 is 31.9 Å². The summed E-state index contributed by atoms with van der Waals surface area (Å²) in [6, 6.07) is 24.2. The van der Waals surface area contributed by atoms with Gasteiger partial charge >= 0.3 is 0 Å². The lowest BCUT2D eigenvalue weighted by Crippen LogP contribution is -2.53. The highest BCUT2D eigenvalue weighted by molar-refractivity contribution is 7.92. The lowest BCUT2D eigenvalue weighted by Gasteiger charge is -2.34. The summed E-state index contributed by atoms with van der Waals surface area (Å²) in [7, 11) is -4.42. The molecule has 252 valence electrons. The first-order chi connectivity index (χ1) is 23.2. The van der Waals surface area contributed by atoms with E-state index >= 15 is 0 Å². The van der Waals surface area contributed by atoms with Crippen molar-refractivity contribution >= 4 is 39.1 Å². The van der Waals surface area contributed by atoms with E-state index in [-0.39, 0.29) is 41.8 Å². The minimum atomic E-state index is -4.42. The molecule has 9 nitrogen and oxygen atoms in total. The Labute approximate surface area is 285 Å². The molecule has 48 heavy (non-hydrogen) atoms. The average Bonchev–Trinajstić information content (AvgIpc) is 3.09. The Hall–Kier alpha value is -4.61. The molecule has 0 unspecified atom stereocenters. The molecule has 12 heteroatoms. The third kappa shape index (κ3) is 8.64. The highest BCUT2D eigenvalue weighted by atomic mass is 35.5. The Balaban J connectivity index is 1.56. The first-order valence-electron chi connectivity index (χ1n) is 15.7. The summed E-state index contributed by atoms with van der Waals surface area (Å²) in [5.41, 5.74) is 1.53. The van der Waals surface area contributed by atoms with Crippen molar-refractivity contribution in [3.05, 3.63) is 119 Å². The van der Waals surface area contributed by atoms with Crippen molar-refractivity contribution in [1.82, 2.24) is 10.2 Å². The Morgan fingerprint density at radius 2 is 1.60 bits per heavy atom. The fourth-order valence-electron chi connectivity index (χ4n) is 5.34. The molecule has 0 bridgehead atoms. The zero-order valence-corrected chi connectivity index (χ0v) is 28.1. The number of amides is 2. The van der Waals surface area contributed by atoms with Crippen LogP contribution in [0.3, 0.4) is 0 Å². The number of rotatable bonds is 14. The molecule has 2 amide bonds. The monoisotopic (exact) mass is 693 g/mol. The molecule has 0 spiro atoms. The fraction of sp³-hybridized carbons (Fsp3) is 0.278. The summed E-state index contributed by atoms with van der Waals surface area (Å²) >= 11 is 6.30. The van der Waals surface area contributed by atoms with Crippen LogP contribution >= 0.6 is 11.6 Å². The van der Waals surface area contributed by atoms with Crippen molar-refractivity contribution in [3.8, 4) is 11.5 Å². The second-order valence-corrected chi connectivity index (χ2v) is 13.6. The number of hydrogen-bond donors (Lipinski definition) is 1. The van der Waals surface area contributed by atoms with Gasteiger partial charge in [-0.15, -0.1) is 0 Å². The molecular formula is C36H37ClFN3O6S. The van der Waals surface area contributed by atoms with Crippen molar-refractivity contribution in [2.75, 3.05) is 30.6 Å². The molecule has 0 radical (unpaired) electrons. The molecule has 1 atom stereocenters. The zero-order chi connectivity index (χ0) is 34.1. The summed E-state index contributed by atoms with van der Waals surface area (Å²) < 4.78 is 54.7. The summed E-state index contributed by atoms with van der Waals surface area (Å²) in [5.74, 6) is -0.939. The van der Waals surface area contributed by atoms with Crippen LogP contribution in [0.4, 0.5) is 10.1 Å². The van der Waals surface area contributed by atoms with Crippen LogP contribution in [0, 0.1) is 5.82 Å². The number of carbonyl (C=O) groups is 2. The van der Waals surface area contributed by atoms with E-state index in [0.717, 1.165) is 34.8 Å². The highest BCUT2D eigenvalue weighted by Crippen LogP contribution is 2.34. The van der Waals surface area contributed by atoms with Crippen LogP contribution in [0.25, 0.3) is 0 Å². The van der Waals surface area contributed by atoms with Crippen LogP contribution < -0.4 is 19.1 Å². The second kappa shape index (κ2) is 16.0. The molecule has 1 aliphatic rings. The highest BCUT2D eigenvalue weighted by Gasteiger charge is 2.35. The van der Waals surface area contributed by atoms with Gasteiger partial charge in [0.25, 0.3) is 10.0 Å². The Morgan fingerprint density at radius 3 is 2.31 bits per heavy atom. The fourth-order valence-corrected chi connectivity index (χ4v) is 6.98. The van der Waals surface area contributed by atoms with Gasteiger partial charge in [0.1, 0.15) is 31.6 Å². The standard InChI is InChI=1S/C36H37ClFN3O6S/c1-2-3-18-39-36(43)32(22-26-8-5-4-6-9-26)40(24-27-10-7-11-28(37)21-27)35(42)25-41(30-14-12-29(38)13-15-30)48(44,45)31-16-17-33-34(23-31)47-20-19-46-33/h4-17,21,23,32H,2-3,18-20,22,24-25H2,1H3,(H,39,43)/t32-/m0/s1. The van der Waals surface area contributed by atoms with Gasteiger partial charge in [-0.2, -0.15) is 0 Å². The first kappa shape index (κ1) is 34.7. The first-order valence-corrected chi connectivity index (χ1v) is 17.5. The minimum absolute atomic E-state index is 0.0284. The SMILES string of the molecule is CCCCNC(=O)[C@H](Cc1ccccc1)N(Cc1cccc(Cl)c1)C(=O)CN(c1ccc(F)cc1)S(=O)(=O)c1ccc2c(c1)OCCO2. The van der Waals surface area contributed by atoms with Gasteiger partial charge in [-0.05, 0) is 66.1 Å². The molecule has 4 aromatic rings. The second-order valence-electron chi connectivity index (χ2n) is 11.3. The number of hydrogen-bond acceptors (Lipinski definition) is 6. The Bertz CT molecular complexity index is 1830. The van der Waals surface area contributed by atoms with Crippen molar-refractivity contribution in [3.63, 3.8) is 0 Å². The van der Waals surface area contributed by atoms with E-state index in [2.05, 4.69) is 5.32 Å². The van der Waals surface area contributed by atoms with E-state index in [1.165, 1.54) is 35.2 Å². The smallest absolute Gasteiger partial charge is 0.264 e. The van der Waals surface area contributed by atoms with Gasteiger partial charge in [0.2, 0.25) is 11.8 Å². The average molecular weight is 694 g/mol. The largest absolute Gasteiger partial charge is 0.486 e. The van der Waals surface area contributed by atoms with E-state index in [9.17, 15) is 22.4 Å². The van der Waals surface area contributed by atoms with Gasteiger partial charge < -0.3 is 19.7 Å². The predicted molar refractivity (Wildman–Crippen MR) is 182 cm³/mol. The topological polar surface area (TPSA) is 105 Å². The summed E-state index contributed by atoms with van der Waals surface area (Å²) in [6.45, 7) is 2.29. The van der Waals surface area contributed by atoms with Gasteiger partial charge in [-0.25, -0.2) is 12.8 Å². The van der Waals surface area contributed by atoms with Crippen LogP contribution in [0.2, 0.25) is 5.02 Å². The number of unbranched alkanes of at least 4 members (excludes halogenated alkanes) is 1. The maximum Gasteiger partial charge on any atom is 0.264 e. The van der Waals surface area contributed by atoms with Crippen LogP contribution in [0.5, 0.6) is 11.5 Å². The van der Waals surface area contributed by atoms with Crippen molar-refractivity contribution in [2.45, 2.75) is 43.7 Å². The van der Waals surface area contributed by atoms with Crippen molar-refractivity contribution in [1.29, 1.82) is 0 Å². The lowest BCUT2D eigenvalue weighted by atomic mass is 10.0.